The maximum Gasteiger partial charge on any atom is 0.165 e. The highest BCUT2D eigenvalue weighted by atomic mass is 16.3. The first-order valence-corrected chi connectivity index (χ1v) is 5.05. The van der Waals surface area contributed by atoms with Crippen LogP contribution in [-0.4, -0.2) is 30.7 Å². The second kappa shape index (κ2) is 3.28. The SMILES string of the molecule is Nc1ncnc2c1ncn2C1C=C[C@@H](O)C1. The van der Waals surface area contributed by atoms with Gasteiger partial charge in [0.2, 0.25) is 0 Å². The molecule has 1 aliphatic carbocycles. The summed E-state index contributed by atoms with van der Waals surface area (Å²) in [4.78, 5) is 12.2. The lowest BCUT2D eigenvalue weighted by Gasteiger charge is -2.10. The number of nitrogens with two attached hydrogens (primary N) is 1. The Morgan fingerprint density at radius 1 is 1.31 bits per heavy atom. The minimum atomic E-state index is -0.387. The molecule has 0 fully saturated rings. The highest BCUT2D eigenvalue weighted by Crippen LogP contribution is 2.26. The zero-order valence-corrected chi connectivity index (χ0v) is 8.48. The third-order valence-electron chi connectivity index (χ3n) is 2.78. The standard InChI is InChI=1S/C10H11N5O/c11-9-8-10(13-4-12-9)15(5-14-8)6-1-2-7(16)3-6/h1-2,4-7,16H,3H2,(H2,11,12,13)/t6?,7-/m1/s1. The van der Waals surface area contributed by atoms with E-state index < -0.39 is 0 Å². The van der Waals surface area contributed by atoms with E-state index in [0.29, 0.717) is 23.4 Å². The number of hydrogen-bond acceptors (Lipinski definition) is 5. The lowest BCUT2D eigenvalue weighted by atomic mass is 10.2. The second-order valence-corrected chi connectivity index (χ2v) is 3.84. The Labute approximate surface area is 91.5 Å². The maximum absolute atomic E-state index is 9.45. The fourth-order valence-electron chi connectivity index (χ4n) is 1.98. The monoisotopic (exact) mass is 217 g/mol. The van der Waals surface area contributed by atoms with Crippen molar-refractivity contribution in [3.8, 4) is 0 Å². The van der Waals surface area contributed by atoms with E-state index in [1.165, 1.54) is 6.33 Å². The van der Waals surface area contributed by atoms with Gasteiger partial charge in [0, 0.05) is 6.42 Å². The van der Waals surface area contributed by atoms with E-state index in [0.717, 1.165) is 0 Å². The summed E-state index contributed by atoms with van der Waals surface area (Å²) < 4.78 is 1.90. The number of nitrogen functional groups attached to an aromatic ring is 1. The predicted molar refractivity (Wildman–Crippen MR) is 58.5 cm³/mol. The summed E-state index contributed by atoms with van der Waals surface area (Å²) in [5.41, 5.74) is 7.01. The van der Waals surface area contributed by atoms with E-state index in [1.54, 1.807) is 12.4 Å². The molecule has 0 amide bonds. The molecule has 0 aromatic carbocycles. The van der Waals surface area contributed by atoms with Gasteiger partial charge in [-0.1, -0.05) is 12.2 Å². The first-order valence-electron chi connectivity index (χ1n) is 5.05. The van der Waals surface area contributed by atoms with Crippen molar-refractivity contribution in [1.29, 1.82) is 0 Å². The highest BCUT2D eigenvalue weighted by Gasteiger charge is 2.20. The molecule has 16 heavy (non-hydrogen) atoms. The van der Waals surface area contributed by atoms with Crippen LogP contribution in [0.3, 0.4) is 0 Å². The van der Waals surface area contributed by atoms with Crippen molar-refractivity contribution in [3.05, 3.63) is 24.8 Å². The van der Waals surface area contributed by atoms with Gasteiger partial charge in [-0.15, -0.1) is 0 Å². The van der Waals surface area contributed by atoms with Crippen molar-refractivity contribution in [2.24, 2.45) is 0 Å². The van der Waals surface area contributed by atoms with Crippen molar-refractivity contribution in [3.63, 3.8) is 0 Å². The Hall–Kier alpha value is -1.95. The number of allylic oxidation sites excluding steroid dienone is 1. The number of aliphatic hydroxyl groups excluding tert-OH is 1. The van der Waals surface area contributed by atoms with E-state index in [2.05, 4.69) is 15.0 Å². The van der Waals surface area contributed by atoms with Gasteiger partial charge >= 0.3 is 0 Å². The molecular weight excluding hydrogens is 206 g/mol. The summed E-state index contributed by atoms with van der Waals surface area (Å²) in [5, 5.41) is 9.45. The summed E-state index contributed by atoms with van der Waals surface area (Å²) in [5.74, 6) is 0.381. The first-order chi connectivity index (χ1) is 7.75. The van der Waals surface area contributed by atoms with Crippen LogP contribution in [0.1, 0.15) is 12.5 Å². The van der Waals surface area contributed by atoms with Crippen LogP contribution in [0.15, 0.2) is 24.8 Å². The van der Waals surface area contributed by atoms with Crippen LogP contribution in [0.5, 0.6) is 0 Å². The molecule has 2 heterocycles. The minimum Gasteiger partial charge on any atom is -0.389 e. The molecular formula is C10H11N5O. The summed E-state index contributed by atoms with van der Waals surface area (Å²) in [7, 11) is 0. The van der Waals surface area contributed by atoms with Crippen LogP contribution in [0, 0.1) is 0 Å². The lowest BCUT2D eigenvalue weighted by molar-refractivity contribution is 0.211. The largest absolute Gasteiger partial charge is 0.389 e. The van der Waals surface area contributed by atoms with Gasteiger partial charge in [0.25, 0.3) is 0 Å². The number of nitrogens with zero attached hydrogens (tertiary/aromatic N) is 4. The van der Waals surface area contributed by atoms with E-state index in [-0.39, 0.29) is 12.1 Å². The molecule has 3 N–H and O–H groups in total. The third-order valence-corrected chi connectivity index (χ3v) is 2.78. The molecule has 3 rings (SSSR count). The molecule has 2 aromatic rings. The van der Waals surface area contributed by atoms with Crippen LogP contribution >= 0.6 is 0 Å². The van der Waals surface area contributed by atoms with Crippen molar-refractivity contribution < 1.29 is 5.11 Å². The van der Waals surface area contributed by atoms with Crippen LogP contribution in [0.25, 0.3) is 11.2 Å². The van der Waals surface area contributed by atoms with E-state index in [9.17, 15) is 5.11 Å². The number of rotatable bonds is 1. The molecule has 6 nitrogen and oxygen atoms in total. The topological polar surface area (TPSA) is 89.9 Å². The van der Waals surface area contributed by atoms with Crippen molar-refractivity contribution >= 4 is 17.0 Å². The molecule has 0 spiro atoms. The van der Waals surface area contributed by atoms with Gasteiger partial charge in [0.15, 0.2) is 11.5 Å². The van der Waals surface area contributed by atoms with E-state index in [1.807, 2.05) is 10.6 Å². The van der Waals surface area contributed by atoms with E-state index >= 15 is 0 Å². The fraction of sp³-hybridized carbons (Fsp3) is 0.300. The third kappa shape index (κ3) is 1.27. The van der Waals surface area contributed by atoms with Gasteiger partial charge in [-0.2, -0.15) is 0 Å². The smallest absolute Gasteiger partial charge is 0.165 e. The number of fused-ring (bicyclic) bond motifs is 1. The van der Waals surface area contributed by atoms with Crippen LogP contribution < -0.4 is 5.73 Å². The molecule has 0 saturated heterocycles. The van der Waals surface area contributed by atoms with Crippen molar-refractivity contribution in [2.75, 3.05) is 5.73 Å². The summed E-state index contributed by atoms with van der Waals surface area (Å²) in [6.45, 7) is 0. The molecule has 0 saturated carbocycles. The van der Waals surface area contributed by atoms with Crippen molar-refractivity contribution in [1.82, 2.24) is 19.5 Å². The van der Waals surface area contributed by atoms with Crippen LogP contribution in [-0.2, 0) is 0 Å². The molecule has 0 bridgehead atoms. The summed E-state index contributed by atoms with van der Waals surface area (Å²) in [6.07, 6.45) is 7.09. The van der Waals surface area contributed by atoms with Gasteiger partial charge in [0.1, 0.15) is 11.8 Å². The first kappa shape index (κ1) is 9.29. The fourth-order valence-corrected chi connectivity index (χ4v) is 1.98. The number of aliphatic hydroxyl groups is 1. The molecule has 1 unspecified atom stereocenters. The molecule has 0 aliphatic heterocycles. The zero-order chi connectivity index (χ0) is 11.1. The maximum atomic E-state index is 9.45. The normalized spacial score (nSPS) is 24.3. The highest BCUT2D eigenvalue weighted by molar-refractivity contribution is 5.81. The molecule has 0 radical (unpaired) electrons. The lowest BCUT2D eigenvalue weighted by Crippen LogP contribution is -2.08. The zero-order valence-electron chi connectivity index (χ0n) is 8.48. The average Bonchev–Trinajstić information content (AvgIpc) is 2.84. The average molecular weight is 217 g/mol. The quantitative estimate of drug-likeness (QED) is 0.669. The van der Waals surface area contributed by atoms with Crippen LogP contribution in [0.2, 0.25) is 0 Å². The Morgan fingerprint density at radius 2 is 2.19 bits per heavy atom. The number of anilines is 1. The minimum absolute atomic E-state index is 0.0919. The van der Waals surface area contributed by atoms with Gasteiger partial charge in [-0.05, 0) is 0 Å². The van der Waals surface area contributed by atoms with Crippen molar-refractivity contribution in [2.45, 2.75) is 18.6 Å². The number of aromatic nitrogens is 4. The number of hydrogen-bond donors (Lipinski definition) is 2. The van der Waals surface area contributed by atoms with Gasteiger partial charge in [-0.25, -0.2) is 15.0 Å². The van der Waals surface area contributed by atoms with E-state index in [4.69, 9.17) is 5.73 Å². The molecule has 6 heteroatoms. The Bertz CT molecular complexity index is 561. The Kier molecular flexibility index (Phi) is 1.90. The summed E-state index contributed by atoms with van der Waals surface area (Å²) in [6, 6.07) is 0.0919. The van der Waals surface area contributed by atoms with Gasteiger partial charge < -0.3 is 15.4 Å². The Morgan fingerprint density at radius 3 is 2.94 bits per heavy atom. The van der Waals surface area contributed by atoms with Crippen LogP contribution in [0.4, 0.5) is 5.82 Å². The molecule has 82 valence electrons. The molecule has 2 atom stereocenters. The second-order valence-electron chi connectivity index (χ2n) is 3.84. The van der Waals surface area contributed by atoms with Gasteiger partial charge in [0.05, 0.1) is 18.5 Å². The van der Waals surface area contributed by atoms with Gasteiger partial charge in [-0.3, -0.25) is 0 Å². The summed E-state index contributed by atoms with van der Waals surface area (Å²) >= 11 is 0. The Balaban J connectivity index is 2.12. The predicted octanol–water partition coefficient (Wildman–Crippen LogP) is 0.270. The molecule has 2 aromatic heterocycles. The molecule has 1 aliphatic rings. The number of imidazole rings is 1.